The Labute approximate surface area is 292 Å². The van der Waals surface area contributed by atoms with E-state index in [1.165, 1.54) is 7.11 Å². The fraction of sp³-hybridized carbons (Fsp3) is 0.467. The lowest BCUT2D eigenvalue weighted by Gasteiger charge is -2.50. The topological polar surface area (TPSA) is 225 Å². The Morgan fingerprint density at radius 1 is 1.24 bits per heavy atom. The van der Waals surface area contributed by atoms with Crippen LogP contribution in [0.5, 0.6) is 5.75 Å². The van der Waals surface area contributed by atoms with E-state index in [4.69, 9.17) is 34.6 Å². The highest BCUT2D eigenvalue weighted by atomic mass is 32.2. The first-order chi connectivity index (χ1) is 23.7. The molecule has 17 nitrogen and oxygen atoms in total. The SMILES string of the molecule is CO.COSON1C(=O)C(NC(=O)/C(=N\OCCOc2ccc(-c3cnc(NCCN)[n+](CC4CNC4)c3)cc2)c2csc(N)n2)C1(C)C. The Hall–Kier alpha value is -4.11. The van der Waals surface area contributed by atoms with Gasteiger partial charge in [-0.2, -0.15) is 9.35 Å². The number of nitrogen functional groups attached to an aromatic ring is 1. The number of hydrogen-bond acceptors (Lipinski definition) is 16. The number of aliphatic hydroxyl groups is 1. The Balaban J connectivity index is 0.00000265. The van der Waals surface area contributed by atoms with Crippen LogP contribution < -0.4 is 36.7 Å². The maximum absolute atomic E-state index is 13.2. The Morgan fingerprint density at radius 3 is 2.61 bits per heavy atom. The predicted octanol–water partition coefficient (Wildman–Crippen LogP) is 0.320. The summed E-state index contributed by atoms with van der Waals surface area (Å²) in [6, 6.07) is 6.79. The fourth-order valence-corrected chi connectivity index (χ4v) is 5.81. The van der Waals surface area contributed by atoms with Gasteiger partial charge in [0.15, 0.2) is 29.8 Å². The predicted molar refractivity (Wildman–Crippen MR) is 185 cm³/mol. The summed E-state index contributed by atoms with van der Waals surface area (Å²) in [6.45, 7) is 7.70. The number of benzene rings is 1. The number of amides is 2. The van der Waals surface area contributed by atoms with Crippen LogP contribution in [0.3, 0.4) is 0 Å². The second-order valence-electron chi connectivity index (χ2n) is 11.3. The summed E-state index contributed by atoms with van der Waals surface area (Å²) in [7, 11) is 2.41. The minimum absolute atomic E-state index is 0.0407. The number of β-lactam (4-membered cyclic amide) rings is 1. The largest absolute Gasteiger partial charge is 0.490 e. The average Bonchev–Trinajstić information content (AvgIpc) is 3.52. The molecule has 2 aliphatic rings. The van der Waals surface area contributed by atoms with Gasteiger partial charge in [0.25, 0.3) is 11.8 Å². The standard InChI is InChI=1S/C29H38N10O6S2.CH4O/c1-29(2)24(26(41)39(29)45-47-42-3)36-25(40)23(22-17-46-27(31)35-22)37-44-11-10-43-21-6-4-19(5-7-21)20-14-34-28(33-9-8-30)38(16-20)15-18-12-32-13-18;1-2/h4-7,14,16-18,24,32H,8-13,15,30H2,1-3H3,(H3,31,35,36,40);2H,1H3/p+1/b37-23-;. The maximum Gasteiger partial charge on any atom is 0.391 e. The van der Waals surface area contributed by atoms with Crippen LogP contribution in [0.2, 0.25) is 0 Å². The number of carbonyl (C=O) groups is 2. The number of hydroxylamine groups is 2. The van der Waals surface area contributed by atoms with Crippen molar-refractivity contribution in [2.45, 2.75) is 32.0 Å². The van der Waals surface area contributed by atoms with Gasteiger partial charge in [0.1, 0.15) is 30.3 Å². The van der Waals surface area contributed by atoms with Crippen LogP contribution in [0.4, 0.5) is 11.1 Å². The van der Waals surface area contributed by atoms with Gasteiger partial charge in [-0.25, -0.2) is 9.55 Å². The summed E-state index contributed by atoms with van der Waals surface area (Å²) in [6.07, 6.45) is 3.94. The molecule has 4 heterocycles. The molecule has 0 bridgehead atoms. The van der Waals surface area contributed by atoms with Gasteiger partial charge in [0.05, 0.1) is 31.9 Å². The van der Waals surface area contributed by atoms with E-state index >= 15 is 0 Å². The third-order valence-electron chi connectivity index (χ3n) is 7.53. The van der Waals surface area contributed by atoms with E-state index in [1.54, 1.807) is 19.2 Å². The molecule has 1 atom stereocenters. The third-order valence-corrected chi connectivity index (χ3v) is 8.55. The second-order valence-corrected chi connectivity index (χ2v) is 12.8. The summed E-state index contributed by atoms with van der Waals surface area (Å²) in [5.41, 5.74) is 12.7. The number of carbonyl (C=O) groups excluding carboxylic acids is 2. The molecule has 1 aromatic carbocycles. The van der Waals surface area contributed by atoms with E-state index < -0.39 is 23.4 Å². The molecule has 0 radical (unpaired) electrons. The molecule has 266 valence electrons. The fourth-order valence-electron chi connectivity index (χ4n) is 4.88. The zero-order valence-electron chi connectivity index (χ0n) is 27.7. The van der Waals surface area contributed by atoms with E-state index in [0.29, 0.717) is 37.1 Å². The van der Waals surface area contributed by atoms with Crippen molar-refractivity contribution in [3.8, 4) is 16.9 Å². The van der Waals surface area contributed by atoms with Crippen LogP contribution in [0.1, 0.15) is 19.5 Å². The first-order valence-corrected chi connectivity index (χ1v) is 16.9. The number of aliphatic hydroxyl groups excluding tert-OH is 1. The van der Waals surface area contributed by atoms with Crippen molar-refractivity contribution in [1.29, 1.82) is 0 Å². The van der Waals surface area contributed by atoms with E-state index in [9.17, 15) is 9.59 Å². The molecule has 3 aromatic rings. The minimum atomic E-state index is -0.869. The molecule has 5 rings (SSSR count). The van der Waals surface area contributed by atoms with Gasteiger partial charge < -0.3 is 36.8 Å². The van der Waals surface area contributed by atoms with E-state index in [2.05, 4.69) is 41.8 Å². The van der Waals surface area contributed by atoms with Crippen LogP contribution in [0.15, 0.2) is 47.2 Å². The number of ether oxygens (including phenoxy) is 1. The van der Waals surface area contributed by atoms with Crippen LogP contribution in [-0.4, -0.2) is 103 Å². The smallest absolute Gasteiger partial charge is 0.391 e. The van der Waals surface area contributed by atoms with Gasteiger partial charge in [-0.15, -0.1) is 11.3 Å². The lowest BCUT2D eigenvalue weighted by atomic mass is 9.84. The lowest BCUT2D eigenvalue weighted by Crippen LogP contribution is -2.76. The van der Waals surface area contributed by atoms with Gasteiger partial charge in [0.2, 0.25) is 0 Å². The van der Waals surface area contributed by atoms with Gasteiger partial charge >= 0.3 is 5.95 Å². The van der Waals surface area contributed by atoms with Gasteiger partial charge in [-0.05, 0) is 31.5 Å². The molecule has 19 heteroatoms. The number of nitrogens with one attached hydrogen (secondary N) is 3. The Bertz CT molecular complexity index is 1570. The number of hydrogen-bond donors (Lipinski definition) is 6. The number of rotatable bonds is 17. The third kappa shape index (κ3) is 9.53. The first kappa shape index (κ1) is 37.7. The summed E-state index contributed by atoms with van der Waals surface area (Å²) in [4.78, 5) is 40.1. The van der Waals surface area contributed by atoms with Crippen molar-refractivity contribution in [1.82, 2.24) is 25.7 Å². The number of nitrogens with two attached hydrogens (primary N) is 2. The molecule has 2 amide bonds. The molecule has 2 aliphatic heterocycles. The molecular formula is C30H43N10O7S2+. The van der Waals surface area contributed by atoms with Crippen molar-refractivity contribution in [3.05, 3.63) is 47.7 Å². The molecular weight excluding hydrogens is 677 g/mol. The zero-order chi connectivity index (χ0) is 35.4. The maximum atomic E-state index is 13.2. The number of oxime groups is 1. The average molecular weight is 720 g/mol. The highest BCUT2D eigenvalue weighted by molar-refractivity contribution is 7.89. The van der Waals surface area contributed by atoms with Crippen LogP contribution in [0, 0.1) is 5.92 Å². The number of anilines is 2. The number of aromatic nitrogens is 3. The normalized spacial score (nSPS) is 16.9. The van der Waals surface area contributed by atoms with Gasteiger partial charge in [-0.1, -0.05) is 22.3 Å². The molecule has 2 saturated heterocycles. The molecule has 2 aromatic heterocycles. The molecule has 0 aliphatic carbocycles. The van der Waals surface area contributed by atoms with Crippen LogP contribution in [0.25, 0.3) is 11.1 Å². The molecule has 49 heavy (non-hydrogen) atoms. The Kier molecular flexibility index (Phi) is 13.9. The van der Waals surface area contributed by atoms with Crippen molar-refractivity contribution in [3.63, 3.8) is 0 Å². The highest BCUT2D eigenvalue weighted by Crippen LogP contribution is 2.34. The second kappa shape index (κ2) is 18.0. The summed E-state index contributed by atoms with van der Waals surface area (Å²) in [5.74, 6) is 0.905. The van der Waals surface area contributed by atoms with Crippen molar-refractivity contribution in [2.75, 3.05) is 64.7 Å². The minimum Gasteiger partial charge on any atom is -0.490 e. The van der Waals surface area contributed by atoms with Crippen LogP contribution >= 0.6 is 23.7 Å². The summed E-state index contributed by atoms with van der Waals surface area (Å²) >= 11 is 1.80. The quantitative estimate of drug-likeness (QED) is 0.0276. The highest BCUT2D eigenvalue weighted by Gasteiger charge is 2.57. The van der Waals surface area contributed by atoms with Crippen molar-refractivity contribution >= 4 is 52.3 Å². The number of thiazole rings is 1. The van der Waals surface area contributed by atoms with Gasteiger partial charge in [0, 0.05) is 43.6 Å². The molecule has 0 saturated carbocycles. The molecule has 8 N–H and O–H groups in total. The molecule has 0 spiro atoms. The molecule has 1 unspecified atom stereocenters. The van der Waals surface area contributed by atoms with E-state index in [1.807, 2.05) is 30.5 Å². The first-order valence-electron chi connectivity index (χ1n) is 15.4. The van der Waals surface area contributed by atoms with Crippen LogP contribution in [-0.2, 0) is 29.4 Å². The van der Waals surface area contributed by atoms with Crippen molar-refractivity contribution in [2.24, 2.45) is 16.8 Å². The van der Waals surface area contributed by atoms with E-state index in [-0.39, 0.29) is 29.8 Å². The lowest BCUT2D eigenvalue weighted by molar-refractivity contribution is -0.692. The monoisotopic (exact) mass is 719 g/mol. The van der Waals surface area contributed by atoms with E-state index in [0.717, 1.165) is 60.2 Å². The summed E-state index contributed by atoms with van der Waals surface area (Å²) < 4.78 is 18.0. The van der Waals surface area contributed by atoms with Crippen molar-refractivity contribution < 1.29 is 37.3 Å². The summed E-state index contributed by atoms with van der Waals surface area (Å²) in [5, 5.41) is 23.3. The Morgan fingerprint density at radius 2 is 2.00 bits per heavy atom. The zero-order valence-corrected chi connectivity index (χ0v) is 29.4. The number of nitrogens with zero attached hydrogens (tertiary/aromatic N) is 5. The van der Waals surface area contributed by atoms with Gasteiger partial charge in [-0.3, -0.25) is 19.1 Å². The molecule has 2 fully saturated rings.